The third kappa shape index (κ3) is 5.06. The predicted octanol–water partition coefficient (Wildman–Crippen LogP) is 4.76. The molecule has 2 amide bonds. The van der Waals surface area contributed by atoms with Crippen molar-refractivity contribution >= 4 is 42.1 Å². The van der Waals surface area contributed by atoms with Gasteiger partial charge >= 0.3 is 0 Å². The normalized spacial score (nSPS) is 26.2. The summed E-state index contributed by atoms with van der Waals surface area (Å²) in [4.78, 5) is 35.3. The Balaban J connectivity index is 1.33. The van der Waals surface area contributed by atoms with E-state index in [2.05, 4.69) is 61.1 Å². The maximum atomic E-state index is 14.8. The van der Waals surface area contributed by atoms with Crippen molar-refractivity contribution in [2.75, 3.05) is 54.7 Å². The lowest BCUT2D eigenvalue weighted by Crippen LogP contribution is -2.55. The number of aliphatic hydroxyl groups excluding tert-OH is 1. The molecule has 4 aliphatic heterocycles. The number of benzene rings is 3. The molecule has 3 aromatic carbocycles. The third-order valence-corrected chi connectivity index (χ3v) is 16.2. The van der Waals surface area contributed by atoms with Crippen LogP contribution in [-0.2, 0) is 19.9 Å². The smallest absolute Gasteiger partial charge is 0.264 e. The second-order valence-electron chi connectivity index (χ2n) is 14.5. The Morgan fingerprint density at radius 1 is 1.02 bits per heavy atom. The number of carbonyl (C=O) groups is 2. The first-order valence-electron chi connectivity index (χ1n) is 17.5. The van der Waals surface area contributed by atoms with Crippen molar-refractivity contribution in [3.8, 4) is 5.75 Å². The quantitative estimate of drug-likeness (QED) is 0.249. The molecule has 3 saturated heterocycles. The van der Waals surface area contributed by atoms with Crippen LogP contribution in [0.4, 0.5) is 17.1 Å². The summed E-state index contributed by atoms with van der Waals surface area (Å²) >= 11 is 0. The number of rotatable bonds is 9. The van der Waals surface area contributed by atoms with E-state index in [0.29, 0.717) is 32.5 Å². The van der Waals surface area contributed by atoms with E-state index in [1.807, 2.05) is 53.4 Å². The fraction of sp³-hybridized carbons (Fsp3) is 0.436. The highest BCUT2D eigenvalue weighted by molar-refractivity contribution is 6.91. The molecule has 0 radical (unpaired) electrons. The molecule has 10 heteroatoms. The molecule has 7 rings (SSSR count). The van der Waals surface area contributed by atoms with Gasteiger partial charge in [-0.25, -0.2) is 0 Å². The lowest BCUT2D eigenvalue weighted by Gasteiger charge is -2.39. The molecule has 0 aliphatic carbocycles. The van der Waals surface area contributed by atoms with E-state index in [1.165, 1.54) is 5.19 Å². The summed E-state index contributed by atoms with van der Waals surface area (Å²) in [6.45, 7) is 13.0. The van der Waals surface area contributed by atoms with Crippen molar-refractivity contribution in [1.82, 2.24) is 5.32 Å². The first-order chi connectivity index (χ1) is 23.6. The van der Waals surface area contributed by atoms with Crippen LogP contribution in [0.2, 0.25) is 18.6 Å². The summed E-state index contributed by atoms with van der Waals surface area (Å²) in [5.74, 6) is 0.581. The van der Waals surface area contributed by atoms with Gasteiger partial charge in [0, 0.05) is 36.0 Å². The van der Waals surface area contributed by atoms with Gasteiger partial charge < -0.3 is 29.7 Å². The van der Waals surface area contributed by atoms with E-state index in [9.17, 15) is 14.7 Å². The van der Waals surface area contributed by atoms with Crippen LogP contribution < -0.4 is 29.9 Å². The van der Waals surface area contributed by atoms with Crippen molar-refractivity contribution in [2.45, 2.75) is 62.1 Å². The average Bonchev–Trinajstić information content (AvgIpc) is 3.66. The van der Waals surface area contributed by atoms with Crippen LogP contribution in [0.15, 0.2) is 85.5 Å². The molecule has 3 fully saturated rings. The van der Waals surface area contributed by atoms with Gasteiger partial charge in [-0.2, -0.15) is 0 Å². The van der Waals surface area contributed by atoms with Crippen LogP contribution >= 0.6 is 0 Å². The van der Waals surface area contributed by atoms with Crippen molar-refractivity contribution in [3.05, 3.63) is 91.0 Å². The number of anilines is 3. The SMILES string of the molecule is C=CCN1C(=O)[C@@]2(O[C@@H](CCO)[C@H]([Si](C)(C)c3ccc(OC)cc3)[C@H]2C)c2cc(N3CN(c4ccccc4)C4(CCNCC4)C3=O)ccc21. The van der Waals surface area contributed by atoms with E-state index >= 15 is 0 Å². The number of amides is 2. The molecule has 2 N–H and O–H groups in total. The Bertz CT molecular complexity index is 1730. The first kappa shape index (κ1) is 33.5. The van der Waals surface area contributed by atoms with Gasteiger partial charge in [-0.15, -0.1) is 6.58 Å². The molecule has 258 valence electrons. The summed E-state index contributed by atoms with van der Waals surface area (Å²) in [5, 5.41) is 15.0. The minimum atomic E-state index is -2.31. The zero-order valence-corrected chi connectivity index (χ0v) is 30.0. The van der Waals surface area contributed by atoms with Crippen molar-refractivity contribution in [3.63, 3.8) is 0 Å². The molecule has 4 atom stereocenters. The summed E-state index contributed by atoms with van der Waals surface area (Å²) in [5.41, 5.74) is 1.49. The van der Waals surface area contributed by atoms with Crippen LogP contribution in [0.5, 0.6) is 5.75 Å². The van der Waals surface area contributed by atoms with Crippen LogP contribution in [0.25, 0.3) is 0 Å². The lowest BCUT2D eigenvalue weighted by molar-refractivity contribution is -0.146. The van der Waals surface area contributed by atoms with Crippen molar-refractivity contribution in [2.24, 2.45) is 5.92 Å². The molecule has 3 aromatic rings. The van der Waals surface area contributed by atoms with Gasteiger partial charge in [-0.1, -0.05) is 61.6 Å². The number of hydrogen-bond donors (Lipinski definition) is 2. The monoisotopic (exact) mass is 680 g/mol. The number of nitrogens with zero attached hydrogens (tertiary/aromatic N) is 3. The van der Waals surface area contributed by atoms with E-state index in [1.54, 1.807) is 18.1 Å². The largest absolute Gasteiger partial charge is 0.497 e. The Morgan fingerprint density at radius 3 is 2.39 bits per heavy atom. The third-order valence-electron chi connectivity index (χ3n) is 11.8. The van der Waals surface area contributed by atoms with E-state index in [0.717, 1.165) is 41.5 Å². The van der Waals surface area contributed by atoms with Crippen LogP contribution in [0, 0.1) is 5.92 Å². The van der Waals surface area contributed by atoms with Crippen LogP contribution in [0.3, 0.4) is 0 Å². The van der Waals surface area contributed by atoms with Gasteiger partial charge in [0.1, 0.15) is 11.3 Å². The topological polar surface area (TPSA) is 94.6 Å². The number of aliphatic hydroxyl groups is 1. The molecular formula is C39H48N4O5Si. The van der Waals surface area contributed by atoms with Gasteiger partial charge in [-0.3, -0.25) is 14.5 Å². The van der Waals surface area contributed by atoms with E-state index in [4.69, 9.17) is 9.47 Å². The number of hydrogen-bond acceptors (Lipinski definition) is 7. The molecule has 49 heavy (non-hydrogen) atoms. The summed E-state index contributed by atoms with van der Waals surface area (Å²) in [7, 11) is -0.648. The molecule has 9 nitrogen and oxygen atoms in total. The van der Waals surface area contributed by atoms with Crippen LogP contribution in [-0.4, -0.2) is 76.7 Å². The second-order valence-corrected chi connectivity index (χ2v) is 19.2. The average molecular weight is 681 g/mol. The number of nitrogens with one attached hydrogen (secondary N) is 1. The van der Waals surface area contributed by atoms with Gasteiger partial charge in [-0.05, 0) is 80.4 Å². The van der Waals surface area contributed by atoms with E-state index in [-0.39, 0.29) is 36.0 Å². The molecule has 0 aromatic heterocycles. The molecule has 4 heterocycles. The molecule has 2 spiro atoms. The first-order valence-corrected chi connectivity index (χ1v) is 20.6. The van der Waals surface area contributed by atoms with Crippen molar-refractivity contribution < 1.29 is 24.2 Å². The number of piperidine rings is 1. The summed E-state index contributed by atoms with van der Waals surface area (Å²) in [6, 6.07) is 24.4. The fourth-order valence-electron chi connectivity index (χ4n) is 9.34. The summed E-state index contributed by atoms with van der Waals surface area (Å²) in [6.07, 6.45) is 3.28. The minimum absolute atomic E-state index is 0.0252. The number of ether oxygens (including phenoxy) is 2. The minimum Gasteiger partial charge on any atom is -0.497 e. The molecule has 0 saturated carbocycles. The Kier molecular flexibility index (Phi) is 8.71. The Hall–Kier alpha value is -3.96. The maximum absolute atomic E-state index is 14.8. The lowest BCUT2D eigenvalue weighted by atomic mass is 9.82. The number of carbonyl (C=O) groups excluding carboxylic acids is 2. The zero-order chi connectivity index (χ0) is 34.6. The highest BCUT2D eigenvalue weighted by Crippen LogP contribution is 2.60. The molecule has 0 unspecified atom stereocenters. The molecule has 0 bridgehead atoms. The molecule has 4 aliphatic rings. The Morgan fingerprint density at radius 2 is 1.73 bits per heavy atom. The predicted molar refractivity (Wildman–Crippen MR) is 196 cm³/mol. The zero-order valence-electron chi connectivity index (χ0n) is 29.0. The van der Waals surface area contributed by atoms with Crippen LogP contribution in [0.1, 0.15) is 31.7 Å². The van der Waals surface area contributed by atoms with Crippen molar-refractivity contribution in [1.29, 1.82) is 0 Å². The van der Waals surface area contributed by atoms with Gasteiger partial charge in [0.2, 0.25) is 0 Å². The van der Waals surface area contributed by atoms with E-state index < -0.39 is 19.2 Å². The van der Waals surface area contributed by atoms with Gasteiger partial charge in [0.25, 0.3) is 11.8 Å². The Labute approximate surface area is 290 Å². The molecular weight excluding hydrogens is 633 g/mol. The number of methoxy groups -OCH3 is 1. The van der Waals surface area contributed by atoms with Gasteiger partial charge in [0.15, 0.2) is 5.60 Å². The maximum Gasteiger partial charge on any atom is 0.264 e. The highest BCUT2D eigenvalue weighted by Gasteiger charge is 2.66. The highest BCUT2D eigenvalue weighted by atomic mass is 28.3. The fourth-order valence-corrected chi connectivity index (χ4v) is 13.4. The standard InChI is InChI=1S/C39H48N4O5Si/c1-6-23-41-33-17-12-29(42-26-43(28-10-8-7-9-11-28)38(36(42)45)19-21-40-22-20-38)25-32(33)39(37(41)46)27(2)35(34(48-39)18-24-44)49(4,5)31-15-13-30(47-3)14-16-31/h6-17,25,27,34-35,40,44H,1,18-24,26H2,2-5H3/t27-,34+,35-,39+/m1/s1. The summed E-state index contributed by atoms with van der Waals surface area (Å²) < 4.78 is 12.5. The number of fused-ring (bicyclic) bond motifs is 2. The second kappa shape index (κ2) is 12.7. The van der Waals surface area contributed by atoms with Gasteiger partial charge in [0.05, 0.1) is 33.6 Å². The number of para-hydroxylation sites is 1.